The van der Waals surface area contributed by atoms with Gasteiger partial charge in [-0.15, -0.1) is 0 Å². The quantitative estimate of drug-likeness (QED) is 0.625. The number of amides is 1. The standard InChI is InChI=1S/C17H17Cl3N2O4S/c1-2-8-21-27(24,25)11-6-7-15(13(19)9-11)26-10-16(23)22-14-5-3-4-12(18)17(14)20/h3-7,9,21H,2,8,10H2,1H3,(H,22,23). The van der Waals surface area contributed by atoms with Crippen molar-refractivity contribution in [2.75, 3.05) is 18.5 Å². The van der Waals surface area contributed by atoms with E-state index in [0.717, 1.165) is 0 Å². The molecule has 0 atom stereocenters. The molecule has 0 heterocycles. The third kappa shape index (κ3) is 5.99. The minimum atomic E-state index is -3.64. The fraction of sp³-hybridized carbons (Fsp3) is 0.235. The van der Waals surface area contributed by atoms with E-state index in [4.69, 9.17) is 39.5 Å². The minimum absolute atomic E-state index is 0.0171. The number of carbonyl (C=O) groups is 1. The van der Waals surface area contributed by atoms with Crippen molar-refractivity contribution in [1.82, 2.24) is 4.72 Å². The van der Waals surface area contributed by atoms with Gasteiger partial charge in [0.25, 0.3) is 5.91 Å². The van der Waals surface area contributed by atoms with Crippen LogP contribution in [0.25, 0.3) is 0 Å². The molecule has 2 N–H and O–H groups in total. The van der Waals surface area contributed by atoms with E-state index < -0.39 is 15.9 Å². The molecule has 0 radical (unpaired) electrons. The molecular formula is C17H17Cl3N2O4S. The van der Waals surface area contributed by atoms with Crippen molar-refractivity contribution in [2.45, 2.75) is 18.2 Å². The number of hydrogen-bond acceptors (Lipinski definition) is 4. The summed E-state index contributed by atoms with van der Waals surface area (Å²) >= 11 is 18.0. The van der Waals surface area contributed by atoms with Gasteiger partial charge < -0.3 is 10.1 Å². The summed E-state index contributed by atoms with van der Waals surface area (Å²) in [7, 11) is -3.64. The van der Waals surface area contributed by atoms with Crippen LogP contribution in [0.5, 0.6) is 5.75 Å². The predicted octanol–water partition coefficient (Wildman–Crippen LogP) is 4.35. The molecule has 2 rings (SSSR count). The van der Waals surface area contributed by atoms with Gasteiger partial charge in [-0.2, -0.15) is 0 Å². The number of halogens is 3. The van der Waals surface area contributed by atoms with Crippen LogP contribution in [0, 0.1) is 0 Å². The van der Waals surface area contributed by atoms with E-state index in [2.05, 4.69) is 10.0 Å². The lowest BCUT2D eigenvalue weighted by molar-refractivity contribution is -0.118. The van der Waals surface area contributed by atoms with Gasteiger partial charge in [0, 0.05) is 6.54 Å². The van der Waals surface area contributed by atoms with Crippen LogP contribution in [0.1, 0.15) is 13.3 Å². The molecule has 6 nitrogen and oxygen atoms in total. The lowest BCUT2D eigenvalue weighted by Gasteiger charge is -2.11. The second-order valence-corrected chi connectivity index (χ2v) is 8.39. The van der Waals surface area contributed by atoms with Gasteiger partial charge in [0.1, 0.15) is 5.75 Å². The van der Waals surface area contributed by atoms with Crippen LogP contribution in [0.4, 0.5) is 5.69 Å². The van der Waals surface area contributed by atoms with Gasteiger partial charge in [0.05, 0.1) is 25.7 Å². The summed E-state index contributed by atoms with van der Waals surface area (Å²) in [4.78, 5) is 12.0. The summed E-state index contributed by atoms with van der Waals surface area (Å²) in [5.41, 5.74) is 0.354. The average Bonchev–Trinajstić information content (AvgIpc) is 2.62. The Labute approximate surface area is 172 Å². The zero-order valence-corrected chi connectivity index (χ0v) is 17.3. The molecule has 0 aliphatic heterocycles. The molecule has 0 spiro atoms. The van der Waals surface area contributed by atoms with Crippen LogP contribution in [0.15, 0.2) is 41.3 Å². The van der Waals surface area contributed by atoms with E-state index in [1.807, 2.05) is 6.92 Å². The van der Waals surface area contributed by atoms with E-state index in [-0.39, 0.29) is 27.3 Å². The highest BCUT2D eigenvalue weighted by atomic mass is 35.5. The number of sulfonamides is 1. The number of hydrogen-bond donors (Lipinski definition) is 2. The zero-order valence-electron chi connectivity index (χ0n) is 14.3. The fourth-order valence-corrected chi connectivity index (χ4v) is 3.82. The first kappa shape index (κ1) is 21.8. The zero-order chi connectivity index (χ0) is 20.0. The maximum absolute atomic E-state index is 12.1. The first-order valence-corrected chi connectivity index (χ1v) is 10.5. The molecule has 2 aromatic rings. The van der Waals surface area contributed by atoms with Crippen molar-refractivity contribution in [1.29, 1.82) is 0 Å². The van der Waals surface area contributed by atoms with E-state index in [1.54, 1.807) is 18.2 Å². The highest BCUT2D eigenvalue weighted by Crippen LogP contribution is 2.30. The third-order valence-corrected chi connectivity index (χ3v) is 5.91. The Morgan fingerprint density at radius 2 is 1.85 bits per heavy atom. The summed E-state index contributed by atoms with van der Waals surface area (Å²) in [6, 6.07) is 8.85. The molecule has 0 unspecified atom stereocenters. The molecule has 0 saturated carbocycles. The Bertz CT molecular complexity index is 936. The van der Waals surface area contributed by atoms with Crippen molar-refractivity contribution in [3.63, 3.8) is 0 Å². The van der Waals surface area contributed by atoms with Crippen LogP contribution in [-0.4, -0.2) is 27.5 Å². The van der Waals surface area contributed by atoms with Crippen LogP contribution in [0.2, 0.25) is 15.1 Å². The van der Waals surface area contributed by atoms with E-state index >= 15 is 0 Å². The van der Waals surface area contributed by atoms with Crippen molar-refractivity contribution in [3.8, 4) is 5.75 Å². The Hall–Kier alpha value is -1.51. The highest BCUT2D eigenvalue weighted by molar-refractivity contribution is 7.89. The second-order valence-electron chi connectivity index (χ2n) is 5.43. The first-order chi connectivity index (χ1) is 12.7. The van der Waals surface area contributed by atoms with Crippen LogP contribution in [-0.2, 0) is 14.8 Å². The van der Waals surface area contributed by atoms with Crippen molar-refractivity contribution < 1.29 is 17.9 Å². The lowest BCUT2D eigenvalue weighted by atomic mass is 10.3. The van der Waals surface area contributed by atoms with Gasteiger partial charge in [0.15, 0.2) is 6.61 Å². The molecule has 0 fully saturated rings. The molecule has 0 bridgehead atoms. The Morgan fingerprint density at radius 3 is 2.52 bits per heavy atom. The SMILES string of the molecule is CCCNS(=O)(=O)c1ccc(OCC(=O)Nc2cccc(Cl)c2Cl)c(Cl)c1. The van der Waals surface area contributed by atoms with Gasteiger partial charge in [-0.25, -0.2) is 13.1 Å². The Balaban J connectivity index is 2.01. The number of rotatable bonds is 8. The molecule has 10 heteroatoms. The number of anilines is 1. The number of ether oxygens (including phenoxy) is 1. The van der Waals surface area contributed by atoms with Gasteiger partial charge >= 0.3 is 0 Å². The van der Waals surface area contributed by atoms with E-state index in [1.165, 1.54) is 18.2 Å². The molecule has 146 valence electrons. The van der Waals surface area contributed by atoms with Crippen LogP contribution in [0.3, 0.4) is 0 Å². The van der Waals surface area contributed by atoms with Gasteiger partial charge in [-0.05, 0) is 36.8 Å². The second kappa shape index (κ2) is 9.61. The molecule has 2 aromatic carbocycles. The smallest absolute Gasteiger partial charge is 0.262 e. The Morgan fingerprint density at radius 1 is 1.11 bits per heavy atom. The largest absolute Gasteiger partial charge is 0.482 e. The lowest BCUT2D eigenvalue weighted by Crippen LogP contribution is -2.24. The minimum Gasteiger partial charge on any atom is -0.482 e. The fourth-order valence-electron chi connectivity index (χ4n) is 2.02. The van der Waals surface area contributed by atoms with E-state index in [0.29, 0.717) is 23.7 Å². The summed E-state index contributed by atoms with van der Waals surface area (Å²) < 4.78 is 32.0. The predicted molar refractivity (Wildman–Crippen MR) is 108 cm³/mol. The van der Waals surface area contributed by atoms with Gasteiger partial charge in [0.2, 0.25) is 10.0 Å². The van der Waals surface area contributed by atoms with Gasteiger partial charge in [-0.3, -0.25) is 4.79 Å². The first-order valence-electron chi connectivity index (χ1n) is 7.90. The summed E-state index contributed by atoms with van der Waals surface area (Å²) in [5, 5.41) is 3.18. The monoisotopic (exact) mass is 450 g/mol. The topological polar surface area (TPSA) is 84.5 Å². The summed E-state index contributed by atoms with van der Waals surface area (Å²) in [6.45, 7) is 1.83. The maximum Gasteiger partial charge on any atom is 0.262 e. The molecule has 1 amide bonds. The maximum atomic E-state index is 12.1. The van der Waals surface area contributed by atoms with Crippen LogP contribution < -0.4 is 14.8 Å². The van der Waals surface area contributed by atoms with Crippen molar-refractivity contribution >= 4 is 56.4 Å². The third-order valence-electron chi connectivity index (χ3n) is 3.34. The van der Waals surface area contributed by atoms with Crippen LogP contribution >= 0.6 is 34.8 Å². The Kier molecular flexibility index (Phi) is 7.76. The molecule has 0 aliphatic rings. The highest BCUT2D eigenvalue weighted by Gasteiger charge is 2.16. The molecule has 27 heavy (non-hydrogen) atoms. The van der Waals surface area contributed by atoms with Crippen molar-refractivity contribution in [3.05, 3.63) is 51.5 Å². The molecule has 0 aromatic heterocycles. The van der Waals surface area contributed by atoms with Crippen molar-refractivity contribution in [2.24, 2.45) is 0 Å². The number of benzene rings is 2. The normalized spacial score (nSPS) is 11.3. The molecule has 0 saturated heterocycles. The summed E-state index contributed by atoms with van der Waals surface area (Å²) in [5.74, 6) is -0.296. The van der Waals surface area contributed by atoms with E-state index in [9.17, 15) is 13.2 Å². The summed E-state index contributed by atoms with van der Waals surface area (Å²) in [6.07, 6.45) is 0.667. The average molecular weight is 452 g/mol. The molecule has 0 aliphatic carbocycles. The number of carbonyl (C=O) groups excluding carboxylic acids is 1. The number of nitrogens with one attached hydrogen (secondary N) is 2. The molecular weight excluding hydrogens is 435 g/mol. The van der Waals surface area contributed by atoms with Gasteiger partial charge in [-0.1, -0.05) is 47.8 Å².